The van der Waals surface area contributed by atoms with Crippen LogP contribution in [0, 0.1) is 13.8 Å². The molecule has 0 amide bonds. The second kappa shape index (κ2) is 6.70. The Morgan fingerprint density at radius 3 is 2.00 bits per heavy atom. The lowest BCUT2D eigenvalue weighted by Crippen LogP contribution is -2.31. The monoisotopic (exact) mass is 370 g/mol. The fraction of sp³-hybridized carbons (Fsp3) is 0.375. The first kappa shape index (κ1) is 18.7. The molecule has 0 unspecified atom stereocenters. The lowest BCUT2D eigenvalue weighted by molar-refractivity contribution is 0.445. The SMILES string of the molecule is CCN(CC)S(=O)(=O)c1cc(C)n(S(=O)(=O)c2ccccc2)c1C. The molecule has 1 aromatic carbocycles. The second-order valence-electron chi connectivity index (χ2n) is 5.41. The van der Waals surface area contributed by atoms with Crippen LogP contribution >= 0.6 is 0 Å². The van der Waals surface area contributed by atoms with Gasteiger partial charge in [0.1, 0.15) is 4.90 Å². The fourth-order valence-corrected chi connectivity index (χ4v) is 6.15. The summed E-state index contributed by atoms with van der Waals surface area (Å²) in [5.41, 5.74) is 0.560. The van der Waals surface area contributed by atoms with Gasteiger partial charge in [0.25, 0.3) is 10.0 Å². The summed E-state index contributed by atoms with van der Waals surface area (Å²) in [4.78, 5) is 0.154. The van der Waals surface area contributed by atoms with Gasteiger partial charge in [-0.2, -0.15) is 4.31 Å². The second-order valence-corrected chi connectivity index (χ2v) is 9.10. The Morgan fingerprint density at radius 1 is 0.958 bits per heavy atom. The van der Waals surface area contributed by atoms with Crippen molar-refractivity contribution in [2.24, 2.45) is 0 Å². The normalized spacial score (nSPS) is 12.7. The number of hydrogen-bond acceptors (Lipinski definition) is 4. The first-order valence-corrected chi connectivity index (χ1v) is 10.6. The summed E-state index contributed by atoms with van der Waals surface area (Å²) in [6, 6.07) is 9.40. The maximum atomic E-state index is 12.9. The van der Waals surface area contributed by atoms with Crippen molar-refractivity contribution in [3.05, 3.63) is 47.8 Å². The van der Waals surface area contributed by atoms with Gasteiger partial charge >= 0.3 is 0 Å². The van der Waals surface area contributed by atoms with E-state index in [-0.39, 0.29) is 15.5 Å². The predicted molar refractivity (Wildman–Crippen MR) is 93.0 cm³/mol. The minimum Gasteiger partial charge on any atom is -0.242 e. The standard InChI is InChI=1S/C16H22N2O4S2/c1-5-17(6-2)24(21,22)16-12-13(3)18(14(16)4)23(19,20)15-10-8-7-9-11-15/h7-12H,5-6H2,1-4H3. The largest absolute Gasteiger partial charge is 0.268 e. The third kappa shape index (κ3) is 3.01. The summed E-state index contributed by atoms with van der Waals surface area (Å²) >= 11 is 0. The molecule has 132 valence electrons. The molecule has 0 aliphatic carbocycles. The molecule has 24 heavy (non-hydrogen) atoms. The van der Waals surface area contributed by atoms with Crippen LogP contribution in [-0.2, 0) is 20.0 Å². The molecule has 2 aromatic rings. The number of benzene rings is 1. The smallest absolute Gasteiger partial charge is 0.242 e. The van der Waals surface area contributed by atoms with E-state index in [1.54, 1.807) is 39.0 Å². The van der Waals surface area contributed by atoms with E-state index in [2.05, 4.69) is 0 Å². The Balaban J connectivity index is 2.68. The highest BCUT2D eigenvalue weighted by Crippen LogP contribution is 2.27. The van der Waals surface area contributed by atoms with Gasteiger partial charge in [0, 0.05) is 18.8 Å². The number of aromatic nitrogens is 1. The zero-order valence-electron chi connectivity index (χ0n) is 14.2. The average molecular weight is 370 g/mol. The molecule has 0 fully saturated rings. The molecule has 6 nitrogen and oxygen atoms in total. The molecule has 0 N–H and O–H groups in total. The van der Waals surface area contributed by atoms with Crippen LogP contribution in [-0.4, -0.2) is 38.2 Å². The third-order valence-electron chi connectivity index (χ3n) is 3.93. The maximum Gasteiger partial charge on any atom is 0.268 e. The number of nitrogens with zero attached hydrogens (tertiary/aromatic N) is 2. The lowest BCUT2D eigenvalue weighted by Gasteiger charge is -2.18. The van der Waals surface area contributed by atoms with Crippen molar-refractivity contribution >= 4 is 20.0 Å². The first-order valence-electron chi connectivity index (χ1n) is 7.67. The summed E-state index contributed by atoms with van der Waals surface area (Å²) in [6.45, 7) is 7.27. The van der Waals surface area contributed by atoms with E-state index in [1.165, 1.54) is 29.4 Å². The van der Waals surface area contributed by atoms with Gasteiger partial charge in [0.15, 0.2) is 0 Å². The fourth-order valence-electron chi connectivity index (χ4n) is 2.75. The Kier molecular flexibility index (Phi) is 5.22. The molecule has 0 aliphatic rings. The molecule has 0 radical (unpaired) electrons. The van der Waals surface area contributed by atoms with Gasteiger partial charge < -0.3 is 0 Å². The lowest BCUT2D eigenvalue weighted by atomic mass is 10.4. The van der Waals surface area contributed by atoms with E-state index in [1.807, 2.05) is 0 Å². The van der Waals surface area contributed by atoms with E-state index >= 15 is 0 Å². The molecule has 2 rings (SSSR count). The van der Waals surface area contributed by atoms with Crippen molar-refractivity contribution in [2.75, 3.05) is 13.1 Å². The summed E-state index contributed by atoms with van der Waals surface area (Å²) in [6.07, 6.45) is 0. The van der Waals surface area contributed by atoms with Crippen molar-refractivity contribution in [2.45, 2.75) is 37.5 Å². The molecular formula is C16H22N2O4S2. The van der Waals surface area contributed by atoms with Gasteiger partial charge in [0.05, 0.1) is 10.6 Å². The molecule has 8 heteroatoms. The molecular weight excluding hydrogens is 348 g/mol. The van der Waals surface area contributed by atoms with E-state index in [0.29, 0.717) is 18.8 Å². The molecule has 1 heterocycles. The van der Waals surface area contributed by atoms with Crippen molar-refractivity contribution < 1.29 is 16.8 Å². The van der Waals surface area contributed by atoms with Gasteiger partial charge in [0.2, 0.25) is 10.0 Å². The van der Waals surface area contributed by atoms with Gasteiger partial charge in [-0.05, 0) is 32.0 Å². The highest BCUT2D eigenvalue weighted by molar-refractivity contribution is 7.90. The van der Waals surface area contributed by atoms with Crippen LogP contribution in [0.1, 0.15) is 25.2 Å². The Labute approximate surface area is 143 Å². The van der Waals surface area contributed by atoms with Gasteiger partial charge in [-0.15, -0.1) is 0 Å². The van der Waals surface area contributed by atoms with Crippen LogP contribution in [0.5, 0.6) is 0 Å². The highest BCUT2D eigenvalue weighted by atomic mass is 32.2. The molecule has 0 saturated heterocycles. The zero-order valence-corrected chi connectivity index (χ0v) is 15.9. The van der Waals surface area contributed by atoms with Gasteiger partial charge in [-0.25, -0.2) is 20.8 Å². The van der Waals surface area contributed by atoms with Crippen molar-refractivity contribution in [3.63, 3.8) is 0 Å². The number of aryl methyl sites for hydroxylation is 1. The van der Waals surface area contributed by atoms with Crippen LogP contribution in [0.2, 0.25) is 0 Å². The highest BCUT2D eigenvalue weighted by Gasteiger charge is 2.30. The first-order chi connectivity index (χ1) is 11.2. The van der Waals surface area contributed by atoms with Crippen LogP contribution in [0.25, 0.3) is 0 Å². The van der Waals surface area contributed by atoms with Gasteiger partial charge in [-0.3, -0.25) is 0 Å². The van der Waals surface area contributed by atoms with E-state index in [4.69, 9.17) is 0 Å². The summed E-state index contributed by atoms with van der Waals surface area (Å²) in [5.74, 6) is 0. The summed E-state index contributed by atoms with van der Waals surface area (Å²) in [7, 11) is -7.57. The van der Waals surface area contributed by atoms with Crippen LogP contribution in [0.3, 0.4) is 0 Å². The minimum absolute atomic E-state index is 0.0307. The maximum absolute atomic E-state index is 12.9. The number of hydrogen-bond donors (Lipinski definition) is 0. The summed E-state index contributed by atoms with van der Waals surface area (Å²) < 4.78 is 53.7. The van der Waals surface area contributed by atoms with Crippen LogP contribution < -0.4 is 0 Å². The van der Waals surface area contributed by atoms with E-state index in [9.17, 15) is 16.8 Å². The molecule has 1 aromatic heterocycles. The van der Waals surface area contributed by atoms with Gasteiger partial charge in [-0.1, -0.05) is 32.0 Å². The van der Waals surface area contributed by atoms with E-state index in [0.717, 1.165) is 3.97 Å². The summed E-state index contributed by atoms with van der Waals surface area (Å²) in [5, 5.41) is 0. The predicted octanol–water partition coefficient (Wildman–Crippen LogP) is 2.37. The molecule has 0 spiro atoms. The quantitative estimate of drug-likeness (QED) is 0.782. The van der Waals surface area contributed by atoms with Crippen LogP contribution in [0.4, 0.5) is 0 Å². The van der Waals surface area contributed by atoms with Crippen molar-refractivity contribution in [1.82, 2.24) is 8.28 Å². The minimum atomic E-state index is -3.85. The Morgan fingerprint density at radius 2 is 1.50 bits per heavy atom. The topological polar surface area (TPSA) is 76.5 Å². The number of rotatable bonds is 6. The van der Waals surface area contributed by atoms with Crippen molar-refractivity contribution in [1.29, 1.82) is 0 Å². The zero-order chi connectivity index (χ0) is 18.1. The van der Waals surface area contributed by atoms with Crippen LogP contribution in [0.15, 0.2) is 46.2 Å². The Bertz CT molecular complexity index is 926. The molecule has 0 saturated carbocycles. The van der Waals surface area contributed by atoms with Crippen molar-refractivity contribution in [3.8, 4) is 0 Å². The molecule has 0 aliphatic heterocycles. The van der Waals surface area contributed by atoms with E-state index < -0.39 is 20.0 Å². The Hall–Kier alpha value is -1.64. The molecule has 0 bridgehead atoms. The third-order valence-corrected chi connectivity index (χ3v) is 8.00. The molecule has 0 atom stereocenters. The number of sulfonamides is 1. The average Bonchev–Trinajstić information content (AvgIpc) is 2.85.